The molecular weight excluding hydrogens is 325 g/mol. The van der Waals surface area contributed by atoms with Gasteiger partial charge < -0.3 is 34.9 Å². The zero-order chi connectivity index (χ0) is 12.5. The summed E-state index contributed by atoms with van der Waals surface area (Å²) in [4.78, 5) is 16.9. The van der Waals surface area contributed by atoms with Crippen molar-refractivity contribution in [3.05, 3.63) is 0 Å². The van der Waals surface area contributed by atoms with Gasteiger partial charge in [0.05, 0.1) is 12.7 Å². The second kappa shape index (κ2) is 10.1. The zero-order valence-electron chi connectivity index (χ0n) is 9.87. The Kier molecular flexibility index (Phi) is 13.1. The Morgan fingerprint density at radius 1 is 1.22 bits per heavy atom. The minimum atomic E-state index is -4.98. The number of rotatable bonds is 3. The van der Waals surface area contributed by atoms with Crippen molar-refractivity contribution in [2.75, 3.05) is 6.61 Å². The molecule has 4 N–H and O–H groups in total. The molecule has 1 rings (SSSR count). The fourth-order valence-electron chi connectivity index (χ4n) is 1.26. The first-order valence-electron chi connectivity index (χ1n) is 4.26. The van der Waals surface area contributed by atoms with Gasteiger partial charge in [0, 0.05) is 0 Å². The number of ether oxygens (including phenoxy) is 1. The summed E-state index contributed by atoms with van der Waals surface area (Å²) < 4.78 is 19.0. The van der Waals surface area contributed by atoms with Crippen LogP contribution in [0.2, 0.25) is 0 Å². The Balaban J connectivity index is 0. The van der Waals surface area contributed by atoms with Crippen molar-refractivity contribution >= 4 is 7.82 Å². The van der Waals surface area contributed by atoms with Crippen LogP contribution in [0.1, 0.15) is 0 Å². The summed E-state index contributed by atoms with van der Waals surface area (Å²) in [6, 6.07) is 0. The van der Waals surface area contributed by atoms with E-state index in [-0.39, 0.29) is 103 Å². The van der Waals surface area contributed by atoms with Gasteiger partial charge in [-0.25, -0.2) is 4.57 Å². The maximum atomic E-state index is 11.2. The van der Waals surface area contributed by atoms with Gasteiger partial charge in [0.25, 0.3) is 0 Å². The van der Waals surface area contributed by atoms with Crippen molar-refractivity contribution in [1.82, 2.24) is 0 Å². The maximum absolute atomic E-state index is 11.2. The molecule has 9 nitrogen and oxygen atoms in total. The van der Waals surface area contributed by atoms with Crippen LogP contribution in [-0.4, -0.2) is 57.3 Å². The molecule has 1 fully saturated rings. The van der Waals surface area contributed by atoms with Gasteiger partial charge in [0.15, 0.2) is 6.29 Å². The van der Waals surface area contributed by atoms with Crippen LogP contribution in [0, 0.1) is 0 Å². The minimum Gasteiger partial charge on any atom is -0.851 e. The van der Waals surface area contributed by atoms with Gasteiger partial charge in [-0.05, 0) is 0 Å². The third-order valence-electron chi connectivity index (χ3n) is 2.04. The molecule has 1 aliphatic rings. The molecule has 1 heterocycles. The van der Waals surface area contributed by atoms with E-state index in [1.165, 1.54) is 0 Å². The second-order valence-corrected chi connectivity index (χ2v) is 4.43. The van der Waals surface area contributed by atoms with Gasteiger partial charge >= 0.3 is 111 Å². The molecule has 0 radical (unpaired) electrons. The Morgan fingerprint density at radius 3 is 2.11 bits per heavy atom. The SMILES string of the molecule is O=P(O)(O)O[C@H]1O[C@H](CO)[C@@H](O)[C@H]([O-])[C@@H]1[O-].[K+].[K+]. The largest absolute Gasteiger partial charge is 1.00 e. The molecule has 0 unspecified atom stereocenters. The Labute approximate surface area is 188 Å². The van der Waals surface area contributed by atoms with Crippen LogP contribution in [0.4, 0.5) is 0 Å². The average molecular weight is 336 g/mol. The van der Waals surface area contributed by atoms with Gasteiger partial charge in [-0.15, -0.1) is 6.10 Å². The third kappa shape index (κ3) is 6.96. The summed E-state index contributed by atoms with van der Waals surface area (Å²) in [5.74, 6) is 0. The topological polar surface area (TPSA) is 163 Å². The van der Waals surface area contributed by atoms with Gasteiger partial charge in [-0.2, -0.15) is 0 Å². The molecule has 1 aliphatic heterocycles. The number of aliphatic hydroxyl groups excluding tert-OH is 2. The molecule has 0 aromatic rings. The van der Waals surface area contributed by atoms with E-state index in [9.17, 15) is 19.9 Å². The van der Waals surface area contributed by atoms with Gasteiger partial charge in [0.1, 0.15) is 6.10 Å². The molecule has 12 heteroatoms. The van der Waals surface area contributed by atoms with Crippen LogP contribution in [0.3, 0.4) is 0 Å². The first kappa shape index (κ1) is 23.4. The van der Waals surface area contributed by atoms with Crippen LogP contribution in [0.15, 0.2) is 0 Å². The molecule has 0 bridgehead atoms. The predicted molar refractivity (Wildman–Crippen MR) is 42.5 cm³/mol. The number of hydrogen-bond donors (Lipinski definition) is 4. The van der Waals surface area contributed by atoms with Gasteiger partial charge in [0.2, 0.25) is 0 Å². The normalized spacial score (nSPS) is 36.4. The average Bonchev–Trinajstić information content (AvgIpc) is 2.17. The van der Waals surface area contributed by atoms with Crippen molar-refractivity contribution in [2.45, 2.75) is 30.7 Å². The van der Waals surface area contributed by atoms with Gasteiger partial charge in [-0.3, -0.25) is 4.52 Å². The number of hydrogen-bond acceptors (Lipinski definition) is 7. The first-order valence-corrected chi connectivity index (χ1v) is 5.79. The summed E-state index contributed by atoms with van der Waals surface area (Å²) in [7, 11) is -4.98. The molecule has 1 saturated heterocycles. The summed E-state index contributed by atoms with van der Waals surface area (Å²) in [6.45, 7) is -0.770. The quantitative estimate of drug-likeness (QED) is 0.289. The Morgan fingerprint density at radius 2 is 1.72 bits per heavy atom. The molecule has 0 aromatic carbocycles. The smallest absolute Gasteiger partial charge is 0.851 e. The summed E-state index contributed by atoms with van der Waals surface area (Å²) in [6.07, 6.45) is -9.43. The van der Waals surface area contributed by atoms with E-state index in [0.717, 1.165) is 0 Å². The molecule has 0 saturated carbocycles. The van der Waals surface area contributed by atoms with E-state index in [0.29, 0.717) is 0 Å². The van der Waals surface area contributed by atoms with Gasteiger partial charge in [-0.1, -0.05) is 6.10 Å². The van der Waals surface area contributed by atoms with E-state index in [2.05, 4.69) is 9.26 Å². The number of phosphoric acid groups is 1. The standard InChI is InChI=1S/C6H11O9P.2K/c7-1-2-3(8)4(9)5(10)6(14-2)15-16(11,12)13;;/h2-8H,1H2,(H2,11,12,13);;/q-2;2*+1/t2-,3-,4+,5+,6-;;/m1../s1. The fourth-order valence-corrected chi connectivity index (χ4v) is 1.70. The minimum absolute atomic E-state index is 0. The summed E-state index contributed by atoms with van der Waals surface area (Å²) in [5, 5.41) is 40.3. The van der Waals surface area contributed by atoms with Crippen molar-refractivity contribution in [3.63, 3.8) is 0 Å². The fraction of sp³-hybridized carbons (Fsp3) is 1.00. The van der Waals surface area contributed by atoms with E-state index in [1.54, 1.807) is 0 Å². The predicted octanol–water partition coefficient (Wildman–Crippen LogP) is -10.4. The van der Waals surface area contributed by atoms with Crippen LogP contribution in [0.25, 0.3) is 0 Å². The van der Waals surface area contributed by atoms with Crippen molar-refractivity contribution in [1.29, 1.82) is 0 Å². The molecule has 0 amide bonds. The molecule has 0 aromatic heterocycles. The van der Waals surface area contributed by atoms with E-state index in [4.69, 9.17) is 14.9 Å². The summed E-state index contributed by atoms with van der Waals surface area (Å²) >= 11 is 0. The number of phosphoric ester groups is 1. The van der Waals surface area contributed by atoms with Crippen LogP contribution >= 0.6 is 7.82 Å². The molecule has 96 valence electrons. The molecular formula is C6H11K2O9P. The maximum Gasteiger partial charge on any atom is 1.00 e. The number of aliphatic hydroxyl groups is 2. The van der Waals surface area contributed by atoms with Crippen LogP contribution in [0.5, 0.6) is 0 Å². The zero-order valence-corrected chi connectivity index (χ0v) is 17.0. The Hall–Kier alpha value is 3.18. The summed E-state index contributed by atoms with van der Waals surface area (Å²) in [5.41, 5.74) is 0. The van der Waals surface area contributed by atoms with E-state index >= 15 is 0 Å². The molecule has 0 spiro atoms. The first-order chi connectivity index (χ1) is 7.26. The van der Waals surface area contributed by atoms with Crippen LogP contribution in [-0.2, 0) is 13.8 Å². The second-order valence-electron chi connectivity index (χ2n) is 3.24. The van der Waals surface area contributed by atoms with Crippen molar-refractivity contribution in [2.24, 2.45) is 0 Å². The third-order valence-corrected chi connectivity index (χ3v) is 2.52. The molecule has 5 atom stereocenters. The van der Waals surface area contributed by atoms with E-state index < -0.39 is 45.1 Å². The molecule has 0 aliphatic carbocycles. The van der Waals surface area contributed by atoms with E-state index in [1.807, 2.05) is 0 Å². The Bertz CT molecular complexity index is 284. The monoisotopic (exact) mass is 336 g/mol. The van der Waals surface area contributed by atoms with Crippen molar-refractivity contribution in [3.8, 4) is 0 Å². The van der Waals surface area contributed by atoms with Crippen molar-refractivity contribution < 1.29 is 147 Å². The molecule has 18 heavy (non-hydrogen) atoms. The van der Waals surface area contributed by atoms with Crippen LogP contribution < -0.4 is 113 Å².